The Hall–Kier alpha value is -1.32. The quantitative estimate of drug-likeness (QED) is 0.901. The molecule has 3 heteroatoms. The molecule has 0 aliphatic heterocycles. The van der Waals surface area contributed by atoms with Gasteiger partial charge in [0.05, 0.1) is 0 Å². The standard InChI is InChI=1S/C17H25N3/c1-12-15-5-3-4-6-16(15)20(2)17(12)11-19-14-9-7-13(18)8-10-14/h3-6,13-14,19H,7-11,18H2,1-2H3. The highest BCUT2D eigenvalue weighted by Gasteiger charge is 2.19. The summed E-state index contributed by atoms with van der Waals surface area (Å²) < 4.78 is 2.33. The van der Waals surface area contributed by atoms with Crippen LogP contribution >= 0.6 is 0 Å². The minimum absolute atomic E-state index is 0.424. The SMILES string of the molecule is Cc1c(CNC2CCC(N)CC2)n(C)c2ccccc12. The summed E-state index contributed by atoms with van der Waals surface area (Å²) >= 11 is 0. The normalized spacial score (nSPS) is 23.4. The monoisotopic (exact) mass is 271 g/mol. The molecule has 0 amide bonds. The van der Waals surface area contributed by atoms with Gasteiger partial charge in [0, 0.05) is 42.3 Å². The van der Waals surface area contributed by atoms with E-state index in [0.717, 1.165) is 19.4 Å². The first-order valence-electron chi connectivity index (χ1n) is 7.68. The summed E-state index contributed by atoms with van der Waals surface area (Å²) in [6.45, 7) is 3.19. The van der Waals surface area contributed by atoms with Crippen LogP contribution in [0, 0.1) is 6.92 Å². The van der Waals surface area contributed by atoms with Crippen LogP contribution in [0.1, 0.15) is 36.9 Å². The van der Waals surface area contributed by atoms with Crippen molar-refractivity contribution in [3.63, 3.8) is 0 Å². The number of para-hydroxylation sites is 1. The van der Waals surface area contributed by atoms with Gasteiger partial charge >= 0.3 is 0 Å². The zero-order valence-electron chi connectivity index (χ0n) is 12.5. The number of nitrogens with zero attached hydrogens (tertiary/aromatic N) is 1. The second-order valence-electron chi connectivity index (χ2n) is 6.14. The zero-order valence-corrected chi connectivity index (χ0v) is 12.5. The molecule has 1 fully saturated rings. The van der Waals surface area contributed by atoms with Crippen molar-refractivity contribution in [2.24, 2.45) is 12.8 Å². The van der Waals surface area contributed by atoms with Gasteiger partial charge in [-0.25, -0.2) is 0 Å². The summed E-state index contributed by atoms with van der Waals surface area (Å²) in [4.78, 5) is 0. The number of benzene rings is 1. The van der Waals surface area contributed by atoms with Crippen molar-refractivity contribution in [1.29, 1.82) is 0 Å². The third-order valence-electron chi connectivity index (χ3n) is 4.84. The number of aromatic nitrogens is 1. The molecular weight excluding hydrogens is 246 g/mol. The Morgan fingerprint density at radius 3 is 2.60 bits per heavy atom. The summed E-state index contributed by atoms with van der Waals surface area (Å²) in [5.74, 6) is 0. The first-order valence-corrected chi connectivity index (χ1v) is 7.68. The number of fused-ring (bicyclic) bond motifs is 1. The fraction of sp³-hybridized carbons (Fsp3) is 0.529. The minimum Gasteiger partial charge on any atom is -0.346 e. The molecule has 0 radical (unpaired) electrons. The van der Waals surface area contributed by atoms with Crippen molar-refractivity contribution in [2.45, 2.75) is 51.2 Å². The van der Waals surface area contributed by atoms with Crippen LogP contribution in [0.4, 0.5) is 0 Å². The average Bonchev–Trinajstić information content (AvgIpc) is 2.71. The van der Waals surface area contributed by atoms with Crippen LogP contribution in [0.3, 0.4) is 0 Å². The van der Waals surface area contributed by atoms with Crippen molar-refractivity contribution >= 4 is 10.9 Å². The van der Waals surface area contributed by atoms with Gasteiger partial charge in [0.15, 0.2) is 0 Å². The number of nitrogens with two attached hydrogens (primary N) is 1. The van der Waals surface area contributed by atoms with E-state index in [1.807, 2.05) is 0 Å². The Bertz CT molecular complexity index is 553. The smallest absolute Gasteiger partial charge is 0.0483 e. The molecule has 0 unspecified atom stereocenters. The van der Waals surface area contributed by atoms with Crippen LogP contribution in [-0.2, 0) is 13.6 Å². The molecule has 1 aliphatic rings. The van der Waals surface area contributed by atoms with E-state index in [-0.39, 0.29) is 0 Å². The first-order chi connectivity index (χ1) is 9.66. The van der Waals surface area contributed by atoms with Gasteiger partial charge < -0.3 is 15.6 Å². The van der Waals surface area contributed by atoms with Crippen LogP contribution < -0.4 is 11.1 Å². The van der Waals surface area contributed by atoms with Gasteiger partial charge in [-0.3, -0.25) is 0 Å². The van der Waals surface area contributed by atoms with Crippen LogP contribution in [0.2, 0.25) is 0 Å². The fourth-order valence-electron chi connectivity index (χ4n) is 3.45. The van der Waals surface area contributed by atoms with E-state index in [9.17, 15) is 0 Å². The van der Waals surface area contributed by atoms with E-state index in [0.29, 0.717) is 12.1 Å². The van der Waals surface area contributed by atoms with Crippen LogP contribution in [0.5, 0.6) is 0 Å². The maximum atomic E-state index is 5.97. The molecule has 0 spiro atoms. The van der Waals surface area contributed by atoms with Crippen molar-refractivity contribution in [1.82, 2.24) is 9.88 Å². The van der Waals surface area contributed by atoms with Gasteiger partial charge in [0.2, 0.25) is 0 Å². The van der Waals surface area contributed by atoms with Crippen LogP contribution in [-0.4, -0.2) is 16.7 Å². The second-order valence-corrected chi connectivity index (χ2v) is 6.14. The molecule has 3 rings (SSSR count). The Morgan fingerprint density at radius 1 is 1.20 bits per heavy atom. The molecule has 1 aromatic heterocycles. The topological polar surface area (TPSA) is 43.0 Å². The maximum Gasteiger partial charge on any atom is 0.0483 e. The van der Waals surface area contributed by atoms with Gasteiger partial charge in [-0.15, -0.1) is 0 Å². The van der Waals surface area contributed by atoms with Gasteiger partial charge in [0.1, 0.15) is 0 Å². The summed E-state index contributed by atoms with van der Waals surface area (Å²) in [7, 11) is 2.17. The Labute approximate surface area is 121 Å². The van der Waals surface area contributed by atoms with Crippen molar-refractivity contribution in [2.75, 3.05) is 0 Å². The fourth-order valence-corrected chi connectivity index (χ4v) is 3.45. The highest BCUT2D eigenvalue weighted by molar-refractivity contribution is 5.85. The number of hydrogen-bond donors (Lipinski definition) is 2. The largest absolute Gasteiger partial charge is 0.346 e. The molecule has 20 heavy (non-hydrogen) atoms. The number of rotatable bonds is 3. The summed E-state index contributed by atoms with van der Waals surface area (Å²) in [5.41, 5.74) is 10.1. The maximum absolute atomic E-state index is 5.97. The molecule has 1 aromatic carbocycles. The lowest BCUT2D eigenvalue weighted by Crippen LogP contribution is -2.37. The van der Waals surface area contributed by atoms with Gasteiger partial charge in [-0.2, -0.15) is 0 Å². The summed E-state index contributed by atoms with van der Waals surface area (Å²) in [6.07, 6.45) is 4.74. The molecule has 0 bridgehead atoms. The van der Waals surface area contributed by atoms with Crippen molar-refractivity contribution in [3.05, 3.63) is 35.5 Å². The van der Waals surface area contributed by atoms with Crippen molar-refractivity contribution in [3.8, 4) is 0 Å². The van der Waals surface area contributed by atoms with Crippen LogP contribution in [0.25, 0.3) is 10.9 Å². The lowest BCUT2D eigenvalue weighted by molar-refractivity contribution is 0.340. The Kier molecular flexibility index (Phi) is 3.81. The van der Waals surface area contributed by atoms with E-state index < -0.39 is 0 Å². The summed E-state index contributed by atoms with van der Waals surface area (Å²) in [5, 5.41) is 5.10. The molecule has 1 heterocycles. The molecule has 108 valence electrons. The highest BCUT2D eigenvalue weighted by atomic mass is 15.0. The molecule has 0 saturated heterocycles. The van der Waals surface area contributed by atoms with Gasteiger partial charge in [-0.05, 0) is 44.2 Å². The number of hydrogen-bond acceptors (Lipinski definition) is 2. The molecule has 1 aliphatic carbocycles. The van der Waals surface area contributed by atoms with E-state index >= 15 is 0 Å². The zero-order chi connectivity index (χ0) is 14.1. The van der Waals surface area contributed by atoms with E-state index in [4.69, 9.17) is 5.73 Å². The third-order valence-corrected chi connectivity index (χ3v) is 4.84. The first kappa shape index (κ1) is 13.7. The lowest BCUT2D eigenvalue weighted by Gasteiger charge is -2.27. The van der Waals surface area contributed by atoms with E-state index in [1.54, 1.807) is 0 Å². The predicted molar refractivity (Wildman–Crippen MR) is 84.7 cm³/mol. The van der Waals surface area contributed by atoms with Crippen LogP contribution in [0.15, 0.2) is 24.3 Å². The molecule has 1 saturated carbocycles. The molecule has 0 atom stereocenters. The van der Waals surface area contributed by atoms with Gasteiger partial charge in [-0.1, -0.05) is 18.2 Å². The minimum atomic E-state index is 0.424. The second kappa shape index (κ2) is 5.58. The van der Waals surface area contributed by atoms with E-state index in [2.05, 4.69) is 48.1 Å². The molecule has 3 nitrogen and oxygen atoms in total. The molecular formula is C17H25N3. The summed E-state index contributed by atoms with van der Waals surface area (Å²) in [6, 6.07) is 9.70. The molecule has 3 N–H and O–H groups in total. The number of aryl methyl sites for hydroxylation is 2. The van der Waals surface area contributed by atoms with E-state index in [1.165, 1.54) is 35.0 Å². The Morgan fingerprint density at radius 2 is 1.90 bits per heavy atom. The highest BCUT2D eigenvalue weighted by Crippen LogP contribution is 2.25. The van der Waals surface area contributed by atoms with Crippen molar-refractivity contribution < 1.29 is 0 Å². The van der Waals surface area contributed by atoms with Gasteiger partial charge in [0.25, 0.3) is 0 Å². The average molecular weight is 271 g/mol. The number of nitrogens with one attached hydrogen (secondary N) is 1. The third kappa shape index (κ3) is 2.48. The molecule has 2 aromatic rings. The lowest BCUT2D eigenvalue weighted by atomic mass is 9.92. The Balaban J connectivity index is 1.74. The predicted octanol–water partition coefficient (Wildman–Crippen LogP) is 2.85.